The minimum atomic E-state index is -0.280. The van der Waals surface area contributed by atoms with Gasteiger partial charge in [0.15, 0.2) is 11.6 Å². The number of aromatic nitrogens is 1. The monoisotopic (exact) mass is 375 g/mol. The Morgan fingerprint density at radius 1 is 1.07 bits per heavy atom. The van der Waals surface area contributed by atoms with E-state index in [2.05, 4.69) is 40.9 Å². The van der Waals surface area contributed by atoms with Crippen molar-refractivity contribution in [3.8, 4) is 11.3 Å². The molecule has 0 bridgehead atoms. The van der Waals surface area contributed by atoms with E-state index >= 15 is 0 Å². The average Bonchev–Trinajstić information content (AvgIpc) is 3.20. The maximum Gasteiger partial charge on any atom is 0.320 e. The molecule has 2 N–H and O–H groups in total. The van der Waals surface area contributed by atoms with E-state index in [4.69, 9.17) is 4.52 Å². The Hall–Kier alpha value is -3.08. The third-order valence-corrected chi connectivity index (χ3v) is 5.30. The largest absolute Gasteiger partial charge is 0.354 e. The number of hydrogen-bond acceptors (Lipinski definition) is 3. The minimum Gasteiger partial charge on any atom is -0.354 e. The zero-order valence-electron chi connectivity index (χ0n) is 16.1. The summed E-state index contributed by atoms with van der Waals surface area (Å²) >= 11 is 0. The standard InChI is InChI=1S/C23H25N3O2/c1-2-20(19-13-12-16-8-6-7-11-18(16)14-19)24-23(27)25-22-15-21(28-26-22)17-9-4-3-5-10-17/h3-5,9-10,12-15,20H,2,6-8,11H2,1H3,(H2,24,25,26,27). The SMILES string of the molecule is CCC(NC(=O)Nc1cc(-c2ccccc2)on1)c1ccc2c(c1)CCCC2. The van der Waals surface area contributed by atoms with E-state index in [1.54, 1.807) is 6.07 Å². The number of carbonyl (C=O) groups excluding carboxylic acids is 1. The summed E-state index contributed by atoms with van der Waals surface area (Å²) in [6.45, 7) is 2.08. The number of hydrogen-bond donors (Lipinski definition) is 2. The molecule has 1 unspecified atom stereocenters. The summed E-state index contributed by atoms with van der Waals surface area (Å²) in [5.74, 6) is 1.02. The third-order valence-electron chi connectivity index (χ3n) is 5.30. The molecule has 2 aromatic carbocycles. The molecule has 1 aromatic heterocycles. The molecule has 144 valence electrons. The molecule has 0 aliphatic heterocycles. The van der Waals surface area contributed by atoms with E-state index in [1.807, 2.05) is 30.3 Å². The number of amides is 2. The van der Waals surface area contributed by atoms with Gasteiger partial charge in [-0.1, -0.05) is 60.6 Å². The van der Waals surface area contributed by atoms with Crippen molar-refractivity contribution in [2.45, 2.75) is 45.1 Å². The molecule has 28 heavy (non-hydrogen) atoms. The molecule has 5 nitrogen and oxygen atoms in total. The molecule has 0 spiro atoms. The highest BCUT2D eigenvalue weighted by molar-refractivity contribution is 5.89. The number of nitrogens with one attached hydrogen (secondary N) is 2. The average molecular weight is 375 g/mol. The van der Waals surface area contributed by atoms with Crippen LogP contribution in [-0.2, 0) is 12.8 Å². The molecular weight excluding hydrogens is 350 g/mol. The maximum absolute atomic E-state index is 12.5. The number of urea groups is 1. The number of rotatable bonds is 5. The lowest BCUT2D eigenvalue weighted by atomic mass is 9.89. The zero-order chi connectivity index (χ0) is 19.3. The first-order chi connectivity index (χ1) is 13.7. The summed E-state index contributed by atoms with van der Waals surface area (Å²) < 4.78 is 5.34. The van der Waals surface area contributed by atoms with Gasteiger partial charge in [-0.25, -0.2) is 4.79 Å². The minimum absolute atomic E-state index is 0.0345. The van der Waals surface area contributed by atoms with Gasteiger partial charge in [0.1, 0.15) is 0 Å². The lowest BCUT2D eigenvalue weighted by Crippen LogP contribution is -2.32. The Kier molecular flexibility index (Phi) is 5.42. The highest BCUT2D eigenvalue weighted by atomic mass is 16.5. The van der Waals surface area contributed by atoms with Crippen LogP contribution in [0.3, 0.4) is 0 Å². The van der Waals surface area contributed by atoms with Gasteiger partial charge < -0.3 is 9.84 Å². The molecule has 3 aromatic rings. The summed E-state index contributed by atoms with van der Waals surface area (Å²) in [6.07, 6.45) is 5.63. The van der Waals surface area contributed by atoms with Gasteiger partial charge in [0.25, 0.3) is 0 Å². The van der Waals surface area contributed by atoms with Crippen LogP contribution in [0, 0.1) is 0 Å². The Morgan fingerprint density at radius 3 is 2.64 bits per heavy atom. The van der Waals surface area contributed by atoms with Gasteiger partial charge in [0.05, 0.1) is 6.04 Å². The van der Waals surface area contributed by atoms with Crippen LogP contribution < -0.4 is 10.6 Å². The molecule has 2 amide bonds. The summed E-state index contributed by atoms with van der Waals surface area (Å²) in [4.78, 5) is 12.5. The predicted octanol–water partition coefficient (Wildman–Crippen LogP) is 5.49. The molecule has 1 aliphatic rings. The molecular formula is C23H25N3O2. The van der Waals surface area contributed by atoms with Crippen molar-refractivity contribution in [2.24, 2.45) is 0 Å². The van der Waals surface area contributed by atoms with Crippen LogP contribution >= 0.6 is 0 Å². The number of nitrogens with zero attached hydrogens (tertiary/aromatic N) is 1. The summed E-state index contributed by atoms with van der Waals surface area (Å²) in [7, 11) is 0. The van der Waals surface area contributed by atoms with Gasteiger partial charge in [-0.3, -0.25) is 5.32 Å². The molecule has 0 radical (unpaired) electrons. The van der Waals surface area contributed by atoms with E-state index < -0.39 is 0 Å². The highest BCUT2D eigenvalue weighted by Crippen LogP contribution is 2.26. The van der Waals surface area contributed by atoms with Crippen molar-refractivity contribution in [3.63, 3.8) is 0 Å². The van der Waals surface area contributed by atoms with Crippen molar-refractivity contribution in [1.82, 2.24) is 10.5 Å². The van der Waals surface area contributed by atoms with Crippen molar-refractivity contribution in [3.05, 3.63) is 71.3 Å². The van der Waals surface area contributed by atoms with Crippen LogP contribution in [0.5, 0.6) is 0 Å². The molecule has 1 atom stereocenters. The van der Waals surface area contributed by atoms with Gasteiger partial charge >= 0.3 is 6.03 Å². The Bertz CT molecular complexity index is 949. The van der Waals surface area contributed by atoms with Crippen molar-refractivity contribution >= 4 is 11.8 Å². The lowest BCUT2D eigenvalue weighted by molar-refractivity contribution is 0.248. The Balaban J connectivity index is 1.42. The number of carbonyl (C=O) groups is 1. The summed E-state index contributed by atoms with van der Waals surface area (Å²) in [6, 6.07) is 17.7. The van der Waals surface area contributed by atoms with Gasteiger partial charge in [0.2, 0.25) is 0 Å². The highest BCUT2D eigenvalue weighted by Gasteiger charge is 2.17. The topological polar surface area (TPSA) is 67.2 Å². The van der Waals surface area contributed by atoms with Crippen LogP contribution in [0.2, 0.25) is 0 Å². The van der Waals surface area contributed by atoms with Gasteiger partial charge in [-0.15, -0.1) is 0 Å². The molecule has 4 rings (SSSR count). The third kappa shape index (κ3) is 4.09. The zero-order valence-corrected chi connectivity index (χ0v) is 16.1. The van der Waals surface area contributed by atoms with Crippen LogP contribution in [0.25, 0.3) is 11.3 Å². The Morgan fingerprint density at radius 2 is 1.86 bits per heavy atom. The smallest absolute Gasteiger partial charge is 0.320 e. The first-order valence-electron chi connectivity index (χ1n) is 9.94. The number of benzene rings is 2. The summed E-state index contributed by atoms with van der Waals surface area (Å²) in [5.41, 5.74) is 4.95. The number of aryl methyl sites for hydroxylation is 2. The fourth-order valence-electron chi connectivity index (χ4n) is 3.77. The normalized spacial score (nSPS) is 14.2. The van der Waals surface area contributed by atoms with E-state index in [0.29, 0.717) is 11.6 Å². The molecule has 1 aliphatic carbocycles. The lowest BCUT2D eigenvalue weighted by Gasteiger charge is -2.21. The second-order valence-electron chi connectivity index (χ2n) is 7.24. The van der Waals surface area contributed by atoms with Gasteiger partial charge in [0, 0.05) is 11.6 Å². The van der Waals surface area contributed by atoms with Crippen molar-refractivity contribution in [1.29, 1.82) is 0 Å². The van der Waals surface area contributed by atoms with Crippen molar-refractivity contribution < 1.29 is 9.32 Å². The molecule has 0 saturated carbocycles. The number of anilines is 1. The molecule has 0 fully saturated rings. The van der Waals surface area contributed by atoms with E-state index in [1.165, 1.54) is 24.0 Å². The van der Waals surface area contributed by atoms with E-state index in [9.17, 15) is 4.79 Å². The van der Waals surface area contributed by atoms with E-state index in [-0.39, 0.29) is 12.1 Å². The van der Waals surface area contributed by atoms with Crippen LogP contribution in [0.4, 0.5) is 10.6 Å². The van der Waals surface area contributed by atoms with Crippen LogP contribution in [0.1, 0.15) is 48.9 Å². The first kappa shape index (κ1) is 18.3. The predicted molar refractivity (Wildman–Crippen MR) is 110 cm³/mol. The first-order valence-corrected chi connectivity index (χ1v) is 9.94. The van der Waals surface area contributed by atoms with Crippen LogP contribution in [0.15, 0.2) is 59.1 Å². The fourth-order valence-corrected chi connectivity index (χ4v) is 3.77. The summed E-state index contributed by atoms with van der Waals surface area (Å²) in [5, 5.41) is 9.78. The molecule has 5 heteroatoms. The quantitative estimate of drug-likeness (QED) is 0.619. The Labute approximate surface area is 165 Å². The number of fused-ring (bicyclic) bond motifs is 1. The second-order valence-corrected chi connectivity index (χ2v) is 7.24. The van der Waals surface area contributed by atoms with Crippen LogP contribution in [-0.4, -0.2) is 11.2 Å². The molecule has 1 heterocycles. The van der Waals surface area contributed by atoms with E-state index in [0.717, 1.165) is 30.4 Å². The van der Waals surface area contributed by atoms with Crippen molar-refractivity contribution in [2.75, 3.05) is 5.32 Å². The van der Waals surface area contributed by atoms with Gasteiger partial charge in [-0.05, 0) is 48.8 Å². The molecule has 0 saturated heterocycles. The maximum atomic E-state index is 12.5. The van der Waals surface area contributed by atoms with Gasteiger partial charge in [-0.2, -0.15) is 0 Å². The fraction of sp³-hybridized carbons (Fsp3) is 0.304. The second kappa shape index (κ2) is 8.30.